The van der Waals surface area contributed by atoms with E-state index in [0.717, 1.165) is 5.56 Å². The Kier molecular flexibility index (Phi) is 3.28. The average molecular weight is 200 g/mol. The molecule has 1 aromatic heterocycles. The lowest BCUT2D eigenvalue weighted by Crippen LogP contribution is -2.24. The van der Waals surface area contributed by atoms with Crippen LogP contribution in [0.25, 0.3) is 0 Å². The van der Waals surface area contributed by atoms with Crippen molar-refractivity contribution < 1.29 is 5.11 Å². The molecule has 0 radical (unpaired) electrons. The van der Waals surface area contributed by atoms with Gasteiger partial charge in [0.25, 0.3) is 0 Å². The first-order valence-electron chi connectivity index (χ1n) is 4.46. The SMILES string of the molecule is CCC(O)(CC)c1cnccc1Cl. The van der Waals surface area contributed by atoms with E-state index in [1.54, 1.807) is 18.5 Å². The summed E-state index contributed by atoms with van der Waals surface area (Å²) in [6.07, 6.45) is 4.55. The molecule has 0 atom stereocenters. The summed E-state index contributed by atoms with van der Waals surface area (Å²) in [5.41, 5.74) is -0.104. The van der Waals surface area contributed by atoms with Crippen molar-refractivity contribution in [1.82, 2.24) is 4.98 Å². The van der Waals surface area contributed by atoms with Gasteiger partial charge < -0.3 is 5.11 Å². The molecule has 0 aromatic carbocycles. The van der Waals surface area contributed by atoms with Crippen molar-refractivity contribution in [2.24, 2.45) is 0 Å². The van der Waals surface area contributed by atoms with E-state index < -0.39 is 5.60 Å². The molecule has 0 amide bonds. The fraction of sp³-hybridized carbons (Fsp3) is 0.500. The predicted molar refractivity (Wildman–Crippen MR) is 53.7 cm³/mol. The first-order chi connectivity index (χ1) is 6.14. The maximum absolute atomic E-state index is 10.2. The minimum atomic E-state index is -0.828. The van der Waals surface area contributed by atoms with E-state index in [4.69, 9.17) is 11.6 Å². The van der Waals surface area contributed by atoms with Crippen LogP contribution in [0.3, 0.4) is 0 Å². The molecule has 0 unspecified atom stereocenters. The number of hydrogen-bond acceptors (Lipinski definition) is 2. The average Bonchev–Trinajstić information content (AvgIpc) is 2.17. The number of nitrogens with zero attached hydrogens (tertiary/aromatic N) is 1. The van der Waals surface area contributed by atoms with Crippen molar-refractivity contribution in [2.45, 2.75) is 32.3 Å². The summed E-state index contributed by atoms with van der Waals surface area (Å²) in [6.45, 7) is 3.87. The Labute approximate surface area is 83.6 Å². The largest absolute Gasteiger partial charge is 0.385 e. The van der Waals surface area contributed by atoms with Gasteiger partial charge in [-0.25, -0.2) is 0 Å². The Balaban J connectivity index is 3.12. The normalized spacial score (nSPS) is 11.7. The highest BCUT2D eigenvalue weighted by atomic mass is 35.5. The first-order valence-corrected chi connectivity index (χ1v) is 4.84. The molecule has 0 saturated carbocycles. The highest BCUT2D eigenvalue weighted by molar-refractivity contribution is 6.31. The zero-order chi connectivity index (χ0) is 9.90. The standard InChI is InChI=1S/C10H14ClNO/c1-3-10(13,4-2)8-7-12-6-5-9(8)11/h5-7,13H,3-4H2,1-2H3. The van der Waals surface area contributed by atoms with Crippen LogP contribution in [0.1, 0.15) is 32.3 Å². The second kappa shape index (κ2) is 4.07. The van der Waals surface area contributed by atoms with Crippen molar-refractivity contribution in [1.29, 1.82) is 0 Å². The number of aromatic nitrogens is 1. The topological polar surface area (TPSA) is 33.1 Å². The highest BCUT2D eigenvalue weighted by Crippen LogP contribution is 2.32. The molecule has 0 fully saturated rings. The molecule has 1 rings (SSSR count). The van der Waals surface area contributed by atoms with Crippen molar-refractivity contribution in [2.75, 3.05) is 0 Å². The summed E-state index contributed by atoms with van der Waals surface area (Å²) in [6, 6.07) is 1.70. The monoisotopic (exact) mass is 199 g/mol. The van der Waals surface area contributed by atoms with Gasteiger partial charge in [0.2, 0.25) is 0 Å². The fourth-order valence-corrected chi connectivity index (χ4v) is 1.63. The zero-order valence-electron chi connectivity index (χ0n) is 7.92. The molecule has 0 aliphatic heterocycles. The van der Waals surface area contributed by atoms with E-state index in [9.17, 15) is 5.11 Å². The van der Waals surface area contributed by atoms with E-state index in [1.807, 2.05) is 13.8 Å². The highest BCUT2D eigenvalue weighted by Gasteiger charge is 2.27. The smallest absolute Gasteiger partial charge is 0.0920 e. The third-order valence-corrected chi connectivity index (χ3v) is 2.77. The molecule has 72 valence electrons. The molecule has 1 N–H and O–H groups in total. The number of pyridine rings is 1. The lowest BCUT2D eigenvalue weighted by molar-refractivity contribution is 0.0281. The van der Waals surface area contributed by atoms with E-state index in [-0.39, 0.29) is 0 Å². The Hall–Kier alpha value is -0.600. The van der Waals surface area contributed by atoms with Gasteiger partial charge in [0, 0.05) is 23.0 Å². The van der Waals surface area contributed by atoms with Crippen LogP contribution in [0.15, 0.2) is 18.5 Å². The van der Waals surface area contributed by atoms with Gasteiger partial charge in [0.15, 0.2) is 0 Å². The quantitative estimate of drug-likeness (QED) is 0.812. The molecule has 2 nitrogen and oxygen atoms in total. The van der Waals surface area contributed by atoms with Crippen LogP contribution in [-0.4, -0.2) is 10.1 Å². The van der Waals surface area contributed by atoms with Crippen LogP contribution in [0.2, 0.25) is 5.02 Å². The van der Waals surface area contributed by atoms with Crippen molar-refractivity contribution in [3.05, 3.63) is 29.0 Å². The molecule has 0 spiro atoms. The first kappa shape index (κ1) is 10.5. The predicted octanol–water partition coefficient (Wildman–Crippen LogP) is 2.74. The van der Waals surface area contributed by atoms with Gasteiger partial charge in [-0.2, -0.15) is 0 Å². The lowest BCUT2D eigenvalue weighted by atomic mass is 9.90. The molecule has 3 heteroatoms. The van der Waals surface area contributed by atoms with Gasteiger partial charge in [0.1, 0.15) is 0 Å². The van der Waals surface area contributed by atoms with Gasteiger partial charge in [-0.3, -0.25) is 4.98 Å². The third kappa shape index (κ3) is 2.01. The van der Waals surface area contributed by atoms with Crippen LogP contribution in [0, 0.1) is 0 Å². The van der Waals surface area contributed by atoms with Crippen LogP contribution in [0.4, 0.5) is 0 Å². The minimum absolute atomic E-state index is 0.584. The fourth-order valence-electron chi connectivity index (χ4n) is 1.35. The summed E-state index contributed by atoms with van der Waals surface area (Å²) in [4.78, 5) is 3.96. The Morgan fingerprint density at radius 2 is 2.08 bits per heavy atom. The number of aliphatic hydroxyl groups is 1. The Morgan fingerprint density at radius 1 is 1.46 bits per heavy atom. The molecule has 1 heterocycles. The zero-order valence-corrected chi connectivity index (χ0v) is 8.67. The van der Waals surface area contributed by atoms with E-state index in [2.05, 4.69) is 4.98 Å². The van der Waals surface area contributed by atoms with Crippen LogP contribution in [0.5, 0.6) is 0 Å². The summed E-state index contributed by atoms with van der Waals surface area (Å²) in [5, 5.41) is 10.7. The Morgan fingerprint density at radius 3 is 2.54 bits per heavy atom. The van der Waals surface area contributed by atoms with Gasteiger partial charge >= 0.3 is 0 Å². The molecule has 0 saturated heterocycles. The van der Waals surface area contributed by atoms with E-state index >= 15 is 0 Å². The van der Waals surface area contributed by atoms with E-state index in [1.165, 1.54) is 0 Å². The Bertz CT molecular complexity index is 284. The minimum Gasteiger partial charge on any atom is -0.385 e. The van der Waals surface area contributed by atoms with Gasteiger partial charge in [-0.05, 0) is 18.9 Å². The molecule has 1 aromatic rings. The van der Waals surface area contributed by atoms with Crippen LogP contribution >= 0.6 is 11.6 Å². The van der Waals surface area contributed by atoms with Crippen molar-refractivity contribution in [3.63, 3.8) is 0 Å². The summed E-state index contributed by atoms with van der Waals surface area (Å²) < 4.78 is 0. The summed E-state index contributed by atoms with van der Waals surface area (Å²) in [5.74, 6) is 0. The van der Waals surface area contributed by atoms with Gasteiger partial charge in [0.05, 0.1) is 5.60 Å². The number of rotatable bonds is 3. The summed E-state index contributed by atoms with van der Waals surface area (Å²) >= 11 is 5.97. The summed E-state index contributed by atoms with van der Waals surface area (Å²) in [7, 11) is 0. The van der Waals surface area contributed by atoms with Crippen LogP contribution < -0.4 is 0 Å². The number of hydrogen-bond donors (Lipinski definition) is 1. The molecule has 13 heavy (non-hydrogen) atoms. The molecular formula is C10H14ClNO. The maximum Gasteiger partial charge on any atom is 0.0920 e. The van der Waals surface area contributed by atoms with Crippen molar-refractivity contribution in [3.8, 4) is 0 Å². The van der Waals surface area contributed by atoms with Gasteiger partial charge in [-0.15, -0.1) is 0 Å². The molecule has 0 aliphatic carbocycles. The maximum atomic E-state index is 10.2. The second-order valence-electron chi connectivity index (χ2n) is 3.09. The van der Waals surface area contributed by atoms with Crippen LogP contribution in [-0.2, 0) is 5.60 Å². The van der Waals surface area contributed by atoms with Gasteiger partial charge in [-0.1, -0.05) is 25.4 Å². The third-order valence-electron chi connectivity index (χ3n) is 2.44. The number of halogens is 1. The van der Waals surface area contributed by atoms with E-state index in [0.29, 0.717) is 17.9 Å². The van der Waals surface area contributed by atoms with Crippen molar-refractivity contribution >= 4 is 11.6 Å². The molecule has 0 aliphatic rings. The lowest BCUT2D eigenvalue weighted by Gasteiger charge is -2.26. The molecule has 0 bridgehead atoms. The second-order valence-corrected chi connectivity index (χ2v) is 3.50. The molecular weight excluding hydrogens is 186 g/mol.